The van der Waals surface area contributed by atoms with Gasteiger partial charge in [0.25, 0.3) is 0 Å². The monoisotopic (exact) mass is 306 g/mol. The van der Waals surface area contributed by atoms with Crippen LogP contribution in [0.5, 0.6) is 11.5 Å². The summed E-state index contributed by atoms with van der Waals surface area (Å²) in [5.74, 6) is -0.0966. The molecule has 0 aromatic heterocycles. The van der Waals surface area contributed by atoms with E-state index in [-0.39, 0.29) is 23.8 Å². The number of nitrogens with zero attached hydrogens (tertiary/aromatic N) is 1. The molecule has 0 aliphatic carbocycles. The number of halogens is 1. The van der Waals surface area contributed by atoms with Gasteiger partial charge in [-0.3, -0.25) is 10.1 Å². The molecule has 0 amide bonds. The Morgan fingerprint density at radius 3 is 2.55 bits per heavy atom. The summed E-state index contributed by atoms with van der Waals surface area (Å²) in [5.41, 5.74) is 6.12. The standard InChI is InChI=1S/C15H15FN2O4/c16-11-2-4-12(5-3-11)22-15-6-1-10(13(17)7-8-19)9-14(15)18(20)21/h1-6,9,13,19H,7-8,17H2. The summed E-state index contributed by atoms with van der Waals surface area (Å²) in [5, 5.41) is 20.1. The smallest absolute Gasteiger partial charge is 0.311 e. The fraction of sp³-hybridized carbons (Fsp3) is 0.200. The predicted octanol–water partition coefficient (Wildman–Crippen LogP) is 2.91. The van der Waals surface area contributed by atoms with E-state index in [9.17, 15) is 14.5 Å². The van der Waals surface area contributed by atoms with Gasteiger partial charge in [-0.1, -0.05) is 6.07 Å². The van der Waals surface area contributed by atoms with Crippen LogP contribution in [0.3, 0.4) is 0 Å². The molecule has 0 heterocycles. The Morgan fingerprint density at radius 2 is 1.95 bits per heavy atom. The van der Waals surface area contributed by atoms with Crippen LogP contribution in [0.15, 0.2) is 42.5 Å². The minimum atomic E-state index is -0.575. The number of ether oxygens (including phenoxy) is 1. The Bertz CT molecular complexity index is 661. The van der Waals surface area contributed by atoms with Crippen molar-refractivity contribution in [3.05, 3.63) is 64.0 Å². The van der Waals surface area contributed by atoms with Crippen molar-refractivity contribution >= 4 is 5.69 Å². The van der Waals surface area contributed by atoms with Gasteiger partial charge in [-0.05, 0) is 42.3 Å². The average Bonchev–Trinajstić information content (AvgIpc) is 2.50. The number of nitrogens with two attached hydrogens (primary N) is 1. The van der Waals surface area contributed by atoms with Crippen molar-refractivity contribution in [1.82, 2.24) is 0 Å². The van der Waals surface area contributed by atoms with Crippen LogP contribution in [0.2, 0.25) is 0 Å². The molecule has 0 saturated heterocycles. The lowest BCUT2D eigenvalue weighted by Crippen LogP contribution is -2.12. The summed E-state index contributed by atoms with van der Waals surface area (Å²) in [4.78, 5) is 10.6. The lowest BCUT2D eigenvalue weighted by Gasteiger charge is -2.12. The van der Waals surface area contributed by atoms with Crippen LogP contribution in [0.4, 0.5) is 10.1 Å². The third kappa shape index (κ3) is 3.78. The number of rotatable bonds is 6. The number of hydrogen-bond donors (Lipinski definition) is 2. The maximum absolute atomic E-state index is 12.8. The number of aliphatic hydroxyl groups is 1. The maximum Gasteiger partial charge on any atom is 0.311 e. The third-order valence-corrected chi connectivity index (χ3v) is 3.09. The second-order valence-electron chi connectivity index (χ2n) is 4.66. The molecule has 0 spiro atoms. The molecule has 0 fully saturated rings. The molecule has 2 rings (SSSR count). The third-order valence-electron chi connectivity index (χ3n) is 3.09. The van der Waals surface area contributed by atoms with Gasteiger partial charge in [-0.2, -0.15) is 0 Å². The second-order valence-corrected chi connectivity index (χ2v) is 4.66. The summed E-state index contributed by atoms with van der Waals surface area (Å²) in [6, 6.07) is 9.02. The summed E-state index contributed by atoms with van der Waals surface area (Å²) in [6.07, 6.45) is 0.301. The summed E-state index contributed by atoms with van der Waals surface area (Å²) in [6.45, 7) is -0.108. The molecule has 0 bridgehead atoms. The molecule has 116 valence electrons. The molecule has 0 aliphatic heterocycles. The zero-order chi connectivity index (χ0) is 16.1. The first-order chi connectivity index (χ1) is 10.5. The molecular weight excluding hydrogens is 291 g/mol. The van der Waals surface area contributed by atoms with E-state index in [4.69, 9.17) is 15.6 Å². The van der Waals surface area contributed by atoms with Gasteiger partial charge in [-0.25, -0.2) is 4.39 Å². The van der Waals surface area contributed by atoms with E-state index < -0.39 is 16.8 Å². The van der Waals surface area contributed by atoms with Crippen LogP contribution >= 0.6 is 0 Å². The molecule has 0 radical (unpaired) electrons. The first-order valence-corrected chi connectivity index (χ1v) is 6.59. The van der Waals surface area contributed by atoms with Crippen molar-refractivity contribution in [3.8, 4) is 11.5 Å². The number of aliphatic hydroxyl groups excluding tert-OH is 1. The highest BCUT2D eigenvalue weighted by Gasteiger charge is 2.19. The fourth-order valence-electron chi connectivity index (χ4n) is 1.93. The summed E-state index contributed by atoms with van der Waals surface area (Å²) < 4.78 is 18.3. The number of hydrogen-bond acceptors (Lipinski definition) is 5. The highest BCUT2D eigenvalue weighted by molar-refractivity contribution is 5.51. The molecule has 0 saturated carbocycles. The van der Waals surface area contributed by atoms with Gasteiger partial charge in [0.2, 0.25) is 5.75 Å². The number of benzene rings is 2. The largest absolute Gasteiger partial charge is 0.450 e. The first-order valence-electron chi connectivity index (χ1n) is 6.59. The van der Waals surface area contributed by atoms with Gasteiger partial charge >= 0.3 is 5.69 Å². The summed E-state index contributed by atoms with van der Waals surface area (Å²) >= 11 is 0. The van der Waals surface area contributed by atoms with Crippen LogP contribution < -0.4 is 10.5 Å². The van der Waals surface area contributed by atoms with Gasteiger partial charge in [0.15, 0.2) is 0 Å². The number of nitro benzene ring substituents is 1. The topological polar surface area (TPSA) is 98.6 Å². The maximum atomic E-state index is 12.8. The van der Waals surface area contributed by atoms with Crippen LogP contribution in [0.1, 0.15) is 18.0 Å². The minimum Gasteiger partial charge on any atom is -0.450 e. The quantitative estimate of drug-likeness (QED) is 0.631. The Hall–Kier alpha value is -2.51. The van der Waals surface area contributed by atoms with E-state index in [1.807, 2.05) is 0 Å². The average molecular weight is 306 g/mol. The fourth-order valence-corrected chi connectivity index (χ4v) is 1.93. The lowest BCUT2D eigenvalue weighted by molar-refractivity contribution is -0.385. The van der Waals surface area contributed by atoms with E-state index in [0.29, 0.717) is 12.0 Å². The van der Waals surface area contributed by atoms with Crippen LogP contribution in [0.25, 0.3) is 0 Å². The first kappa shape index (κ1) is 15.9. The predicted molar refractivity (Wildman–Crippen MR) is 78.2 cm³/mol. The van der Waals surface area contributed by atoms with Crippen LogP contribution in [-0.4, -0.2) is 16.6 Å². The van der Waals surface area contributed by atoms with E-state index in [1.165, 1.54) is 36.4 Å². The van der Waals surface area contributed by atoms with Crippen molar-refractivity contribution in [2.45, 2.75) is 12.5 Å². The van der Waals surface area contributed by atoms with Gasteiger partial charge in [0.05, 0.1) is 4.92 Å². The molecule has 1 unspecified atom stereocenters. The molecular formula is C15H15FN2O4. The van der Waals surface area contributed by atoms with Gasteiger partial charge in [0, 0.05) is 18.7 Å². The van der Waals surface area contributed by atoms with Crippen molar-refractivity contribution in [3.63, 3.8) is 0 Å². The molecule has 2 aromatic carbocycles. The van der Waals surface area contributed by atoms with E-state index in [2.05, 4.69) is 0 Å². The van der Waals surface area contributed by atoms with Gasteiger partial charge in [0.1, 0.15) is 11.6 Å². The highest BCUT2D eigenvalue weighted by Crippen LogP contribution is 2.33. The van der Waals surface area contributed by atoms with Crippen LogP contribution in [-0.2, 0) is 0 Å². The minimum absolute atomic E-state index is 0.0385. The van der Waals surface area contributed by atoms with Crippen molar-refractivity contribution in [2.75, 3.05) is 6.61 Å². The zero-order valence-corrected chi connectivity index (χ0v) is 11.6. The Morgan fingerprint density at radius 1 is 1.27 bits per heavy atom. The van der Waals surface area contributed by atoms with E-state index in [1.54, 1.807) is 6.07 Å². The normalized spacial score (nSPS) is 12.0. The van der Waals surface area contributed by atoms with Gasteiger partial charge in [-0.15, -0.1) is 0 Å². The Labute approximate surface area is 126 Å². The van der Waals surface area contributed by atoms with Crippen LogP contribution in [0, 0.1) is 15.9 Å². The molecule has 0 aliphatic rings. The number of nitro groups is 1. The second kappa shape index (κ2) is 6.97. The highest BCUT2D eigenvalue weighted by atomic mass is 19.1. The molecule has 7 heteroatoms. The molecule has 22 heavy (non-hydrogen) atoms. The zero-order valence-electron chi connectivity index (χ0n) is 11.6. The summed E-state index contributed by atoms with van der Waals surface area (Å²) in [7, 11) is 0. The van der Waals surface area contributed by atoms with Crippen molar-refractivity contribution < 1.29 is 19.2 Å². The van der Waals surface area contributed by atoms with Gasteiger partial charge < -0.3 is 15.6 Å². The Kier molecular flexibility index (Phi) is 5.03. The van der Waals surface area contributed by atoms with Crippen molar-refractivity contribution in [1.29, 1.82) is 0 Å². The molecule has 1 atom stereocenters. The lowest BCUT2D eigenvalue weighted by atomic mass is 10.0. The molecule has 2 aromatic rings. The molecule has 6 nitrogen and oxygen atoms in total. The van der Waals surface area contributed by atoms with Crippen molar-refractivity contribution in [2.24, 2.45) is 5.73 Å². The Balaban J connectivity index is 2.30. The SMILES string of the molecule is NC(CCO)c1ccc(Oc2ccc(F)cc2)c([N+](=O)[O-])c1. The van der Waals surface area contributed by atoms with E-state index in [0.717, 1.165) is 0 Å². The van der Waals surface area contributed by atoms with E-state index >= 15 is 0 Å². The molecule has 3 N–H and O–H groups in total.